The van der Waals surface area contributed by atoms with Crippen LogP contribution in [-0.2, 0) is 11.3 Å². The van der Waals surface area contributed by atoms with Crippen LogP contribution >= 0.6 is 0 Å². The number of rotatable bonds is 4. The third-order valence-electron chi connectivity index (χ3n) is 2.92. The van der Waals surface area contributed by atoms with E-state index in [9.17, 15) is 4.79 Å². The molecule has 2 aromatic rings. The molecule has 2 rings (SSSR count). The van der Waals surface area contributed by atoms with Gasteiger partial charge in [0.25, 0.3) is 0 Å². The number of hydrogen-bond donors (Lipinski definition) is 1. The Kier molecular flexibility index (Phi) is 4.20. The van der Waals surface area contributed by atoms with E-state index < -0.39 is 5.97 Å². The Labute approximate surface area is 118 Å². The van der Waals surface area contributed by atoms with Gasteiger partial charge in [0.1, 0.15) is 11.4 Å². The Bertz CT molecular complexity index is 614. The number of anilines is 2. The van der Waals surface area contributed by atoms with Gasteiger partial charge >= 0.3 is 5.97 Å². The molecule has 1 aromatic heterocycles. The molecular formula is C15H17N3O2. The molecule has 1 aromatic carbocycles. The zero-order chi connectivity index (χ0) is 14.5. The Balaban J connectivity index is 2.25. The fraction of sp³-hybridized carbons (Fsp3) is 0.200. The number of methoxy groups -OCH3 is 1. The summed E-state index contributed by atoms with van der Waals surface area (Å²) in [4.78, 5) is 17.9. The second-order valence-corrected chi connectivity index (χ2v) is 4.47. The fourth-order valence-corrected chi connectivity index (χ4v) is 2.01. The lowest BCUT2D eigenvalue weighted by atomic mass is 10.2. The highest BCUT2D eigenvalue weighted by atomic mass is 16.5. The first-order valence-electron chi connectivity index (χ1n) is 6.20. The van der Waals surface area contributed by atoms with Crippen LogP contribution in [0.4, 0.5) is 11.5 Å². The Morgan fingerprint density at radius 2 is 2.15 bits per heavy atom. The highest BCUT2D eigenvalue weighted by molar-refractivity contribution is 5.94. The summed E-state index contributed by atoms with van der Waals surface area (Å²) in [6.07, 6.45) is 1.65. The van der Waals surface area contributed by atoms with Crippen LogP contribution in [-0.4, -0.2) is 25.1 Å². The maximum Gasteiger partial charge on any atom is 0.341 e. The molecule has 0 amide bonds. The lowest BCUT2D eigenvalue weighted by molar-refractivity contribution is 0.0601. The number of esters is 1. The summed E-state index contributed by atoms with van der Waals surface area (Å²) in [5, 5.41) is 0. The second kappa shape index (κ2) is 6.06. The van der Waals surface area contributed by atoms with Gasteiger partial charge in [-0.25, -0.2) is 9.78 Å². The number of hydrogen-bond acceptors (Lipinski definition) is 5. The zero-order valence-electron chi connectivity index (χ0n) is 11.5. The number of carbonyl (C=O) groups is 1. The molecule has 0 saturated heterocycles. The Hall–Kier alpha value is -2.56. The van der Waals surface area contributed by atoms with Crippen LogP contribution in [0.2, 0.25) is 0 Å². The molecule has 1 heterocycles. The van der Waals surface area contributed by atoms with E-state index in [2.05, 4.69) is 4.98 Å². The molecule has 0 fully saturated rings. The predicted molar refractivity (Wildman–Crippen MR) is 78.5 cm³/mol. The molecule has 0 aliphatic rings. The van der Waals surface area contributed by atoms with Gasteiger partial charge in [0.15, 0.2) is 0 Å². The third-order valence-corrected chi connectivity index (χ3v) is 2.92. The minimum Gasteiger partial charge on any atom is -0.465 e. The van der Waals surface area contributed by atoms with E-state index in [1.807, 2.05) is 36.2 Å². The van der Waals surface area contributed by atoms with Crippen molar-refractivity contribution in [2.75, 3.05) is 24.8 Å². The number of nitrogens with two attached hydrogens (primary N) is 1. The first kappa shape index (κ1) is 13.9. The van der Waals surface area contributed by atoms with E-state index in [-0.39, 0.29) is 0 Å². The molecule has 5 nitrogen and oxygen atoms in total. The van der Waals surface area contributed by atoms with Crippen molar-refractivity contribution >= 4 is 17.5 Å². The average molecular weight is 271 g/mol. The monoisotopic (exact) mass is 271 g/mol. The Morgan fingerprint density at radius 1 is 1.35 bits per heavy atom. The number of nitrogens with zero attached hydrogens (tertiary/aromatic N) is 2. The molecular weight excluding hydrogens is 254 g/mol. The lowest BCUT2D eigenvalue weighted by Crippen LogP contribution is -2.21. The lowest BCUT2D eigenvalue weighted by Gasteiger charge is -2.20. The van der Waals surface area contributed by atoms with E-state index in [1.54, 1.807) is 18.3 Å². The van der Waals surface area contributed by atoms with Crippen molar-refractivity contribution in [1.29, 1.82) is 0 Å². The average Bonchev–Trinajstić information content (AvgIpc) is 2.46. The van der Waals surface area contributed by atoms with E-state index in [4.69, 9.17) is 10.5 Å². The van der Waals surface area contributed by atoms with Gasteiger partial charge in [-0.15, -0.1) is 0 Å². The Morgan fingerprint density at radius 3 is 2.85 bits per heavy atom. The van der Waals surface area contributed by atoms with Crippen LogP contribution in [0.1, 0.15) is 15.9 Å². The molecule has 20 heavy (non-hydrogen) atoms. The van der Waals surface area contributed by atoms with Crippen molar-refractivity contribution in [3.05, 3.63) is 53.7 Å². The molecule has 0 bridgehead atoms. The molecule has 5 heteroatoms. The van der Waals surface area contributed by atoms with Crippen LogP contribution in [0.15, 0.2) is 42.6 Å². The quantitative estimate of drug-likeness (QED) is 0.681. The van der Waals surface area contributed by atoms with Crippen molar-refractivity contribution in [3.63, 3.8) is 0 Å². The van der Waals surface area contributed by atoms with Gasteiger partial charge in [-0.05, 0) is 29.8 Å². The standard InChI is InChI=1S/C15H17N3O2/c1-18(10-11-5-3-6-12(16)9-11)14-13(15(19)20-2)7-4-8-17-14/h3-9H,10,16H2,1-2H3. The van der Waals surface area contributed by atoms with E-state index in [0.717, 1.165) is 5.56 Å². The summed E-state index contributed by atoms with van der Waals surface area (Å²) < 4.78 is 4.77. The number of ether oxygens (including phenoxy) is 1. The van der Waals surface area contributed by atoms with Crippen molar-refractivity contribution in [3.8, 4) is 0 Å². The fourth-order valence-electron chi connectivity index (χ4n) is 2.01. The van der Waals surface area contributed by atoms with Gasteiger partial charge in [-0.2, -0.15) is 0 Å². The number of pyridine rings is 1. The predicted octanol–water partition coefficient (Wildman–Crippen LogP) is 2.09. The summed E-state index contributed by atoms with van der Waals surface area (Å²) in [5.41, 5.74) is 7.97. The van der Waals surface area contributed by atoms with Gasteiger partial charge in [0.05, 0.1) is 7.11 Å². The maximum atomic E-state index is 11.7. The van der Waals surface area contributed by atoms with Crippen molar-refractivity contribution in [2.24, 2.45) is 0 Å². The van der Waals surface area contributed by atoms with Gasteiger partial charge in [0, 0.05) is 25.5 Å². The highest BCUT2D eigenvalue weighted by Gasteiger charge is 2.15. The van der Waals surface area contributed by atoms with Crippen LogP contribution in [0, 0.1) is 0 Å². The summed E-state index contributed by atoms with van der Waals surface area (Å²) in [5.74, 6) is 0.189. The largest absolute Gasteiger partial charge is 0.465 e. The summed E-state index contributed by atoms with van der Waals surface area (Å²) in [6, 6.07) is 11.0. The normalized spacial score (nSPS) is 10.1. The molecule has 0 unspecified atom stereocenters. The maximum absolute atomic E-state index is 11.7. The van der Waals surface area contributed by atoms with E-state index >= 15 is 0 Å². The van der Waals surface area contributed by atoms with Crippen LogP contribution in [0.3, 0.4) is 0 Å². The summed E-state index contributed by atoms with van der Waals surface area (Å²) in [6.45, 7) is 0.603. The van der Waals surface area contributed by atoms with Gasteiger partial charge in [-0.1, -0.05) is 12.1 Å². The van der Waals surface area contributed by atoms with Crippen molar-refractivity contribution in [1.82, 2.24) is 4.98 Å². The van der Waals surface area contributed by atoms with Crippen LogP contribution in [0.25, 0.3) is 0 Å². The smallest absolute Gasteiger partial charge is 0.341 e. The highest BCUT2D eigenvalue weighted by Crippen LogP contribution is 2.19. The topological polar surface area (TPSA) is 68.5 Å². The van der Waals surface area contributed by atoms with Gasteiger partial charge in [0.2, 0.25) is 0 Å². The summed E-state index contributed by atoms with van der Waals surface area (Å²) >= 11 is 0. The number of benzene rings is 1. The second-order valence-electron chi connectivity index (χ2n) is 4.47. The molecule has 2 N–H and O–H groups in total. The van der Waals surface area contributed by atoms with Crippen LogP contribution in [0.5, 0.6) is 0 Å². The molecule has 104 valence electrons. The molecule has 0 radical (unpaired) electrons. The van der Waals surface area contributed by atoms with E-state index in [0.29, 0.717) is 23.6 Å². The SMILES string of the molecule is COC(=O)c1cccnc1N(C)Cc1cccc(N)c1. The summed E-state index contributed by atoms with van der Waals surface area (Å²) in [7, 11) is 3.23. The molecule has 0 aliphatic carbocycles. The van der Waals surface area contributed by atoms with Gasteiger partial charge in [-0.3, -0.25) is 0 Å². The first-order valence-corrected chi connectivity index (χ1v) is 6.20. The minimum absolute atomic E-state index is 0.396. The molecule has 0 saturated carbocycles. The number of carbonyl (C=O) groups excluding carboxylic acids is 1. The molecule has 0 spiro atoms. The number of nitrogen functional groups attached to an aromatic ring is 1. The van der Waals surface area contributed by atoms with E-state index in [1.165, 1.54) is 7.11 Å². The molecule has 0 atom stereocenters. The van der Waals surface area contributed by atoms with Crippen molar-refractivity contribution < 1.29 is 9.53 Å². The van der Waals surface area contributed by atoms with Crippen LogP contribution < -0.4 is 10.6 Å². The number of aromatic nitrogens is 1. The molecule has 0 aliphatic heterocycles. The zero-order valence-corrected chi connectivity index (χ0v) is 11.5. The first-order chi connectivity index (χ1) is 9.61. The minimum atomic E-state index is -0.396. The van der Waals surface area contributed by atoms with Crippen molar-refractivity contribution in [2.45, 2.75) is 6.54 Å². The van der Waals surface area contributed by atoms with Gasteiger partial charge < -0.3 is 15.4 Å². The third kappa shape index (κ3) is 3.06.